The van der Waals surface area contributed by atoms with Gasteiger partial charge in [-0.1, -0.05) is 0 Å². The number of rotatable bonds is 6. The van der Waals surface area contributed by atoms with Crippen molar-refractivity contribution in [2.24, 2.45) is 0 Å². The van der Waals surface area contributed by atoms with E-state index in [4.69, 9.17) is 14.9 Å². The molecule has 0 aliphatic heterocycles. The fraction of sp³-hybridized carbons (Fsp3) is 0.857. The van der Waals surface area contributed by atoms with Crippen molar-refractivity contribution in [3.8, 4) is 0 Å². The van der Waals surface area contributed by atoms with Gasteiger partial charge in [0.2, 0.25) is 0 Å². The van der Waals surface area contributed by atoms with Crippen LogP contribution in [0.15, 0.2) is 0 Å². The molecule has 0 saturated heterocycles. The van der Waals surface area contributed by atoms with E-state index in [9.17, 15) is 4.79 Å². The highest BCUT2D eigenvalue weighted by Gasteiger charge is 2.13. The fourth-order valence-electron chi connectivity index (χ4n) is 0.567. The molecule has 1 unspecified atom stereocenters. The molecular formula is C7H14O5. The van der Waals surface area contributed by atoms with Gasteiger partial charge in [-0.15, -0.1) is 0 Å². The van der Waals surface area contributed by atoms with Crippen LogP contribution in [0.2, 0.25) is 0 Å². The van der Waals surface area contributed by atoms with E-state index in [2.05, 4.69) is 4.74 Å². The predicted octanol–water partition coefficient (Wildman–Crippen LogP) is -0.517. The summed E-state index contributed by atoms with van der Waals surface area (Å²) in [6, 6.07) is 0. The number of aliphatic hydroxyl groups is 1. The number of methoxy groups -OCH3 is 1. The van der Waals surface area contributed by atoms with E-state index in [1.807, 2.05) is 0 Å². The van der Waals surface area contributed by atoms with Crippen LogP contribution in [0.25, 0.3) is 0 Å². The van der Waals surface area contributed by atoms with E-state index >= 15 is 0 Å². The number of ether oxygens (including phenoxy) is 2. The molecule has 5 heteroatoms. The topological polar surface area (TPSA) is 76.0 Å². The standard InChI is InChI=1S/C7H14O5/c1-5(7(9)10)12-4-6(8)3-11-2/h5-6,8H,3-4H2,1-2H3,(H,9,10)/t5-,6?/m1/s1. The second kappa shape index (κ2) is 5.93. The van der Waals surface area contributed by atoms with Crippen LogP contribution >= 0.6 is 0 Å². The van der Waals surface area contributed by atoms with E-state index in [0.717, 1.165) is 0 Å². The smallest absolute Gasteiger partial charge is 0.332 e. The maximum atomic E-state index is 10.2. The van der Waals surface area contributed by atoms with Crippen molar-refractivity contribution < 1.29 is 24.5 Å². The third kappa shape index (κ3) is 5.06. The summed E-state index contributed by atoms with van der Waals surface area (Å²) in [4.78, 5) is 10.2. The van der Waals surface area contributed by atoms with Crippen molar-refractivity contribution in [3.63, 3.8) is 0 Å². The Morgan fingerprint density at radius 1 is 1.50 bits per heavy atom. The Labute approximate surface area is 70.9 Å². The van der Waals surface area contributed by atoms with Gasteiger partial charge in [-0.3, -0.25) is 0 Å². The third-order valence-corrected chi connectivity index (χ3v) is 1.25. The van der Waals surface area contributed by atoms with Crippen LogP contribution in [-0.2, 0) is 14.3 Å². The number of carboxylic acid groups (broad SMARTS) is 1. The summed E-state index contributed by atoms with van der Waals surface area (Å²) in [5, 5.41) is 17.4. The summed E-state index contributed by atoms with van der Waals surface area (Å²) in [7, 11) is 1.45. The molecule has 0 amide bonds. The largest absolute Gasteiger partial charge is 0.479 e. The molecule has 0 saturated carbocycles. The van der Waals surface area contributed by atoms with Crippen molar-refractivity contribution >= 4 is 5.97 Å². The highest BCUT2D eigenvalue weighted by atomic mass is 16.5. The Morgan fingerprint density at radius 2 is 2.08 bits per heavy atom. The molecule has 72 valence electrons. The van der Waals surface area contributed by atoms with Crippen LogP contribution in [0.4, 0.5) is 0 Å². The molecule has 2 atom stereocenters. The average Bonchev–Trinajstić information content (AvgIpc) is 2.00. The van der Waals surface area contributed by atoms with Gasteiger partial charge in [0.25, 0.3) is 0 Å². The summed E-state index contributed by atoms with van der Waals surface area (Å²) in [6.45, 7) is 1.52. The lowest BCUT2D eigenvalue weighted by Crippen LogP contribution is -2.27. The van der Waals surface area contributed by atoms with Crippen LogP contribution in [0, 0.1) is 0 Å². The number of aliphatic hydroxyl groups excluding tert-OH is 1. The van der Waals surface area contributed by atoms with E-state index in [0.29, 0.717) is 0 Å². The second-order valence-electron chi connectivity index (χ2n) is 2.42. The molecule has 0 aromatic rings. The zero-order valence-electron chi connectivity index (χ0n) is 7.19. The molecule has 12 heavy (non-hydrogen) atoms. The molecule has 2 N–H and O–H groups in total. The minimum atomic E-state index is -1.04. The molecular weight excluding hydrogens is 164 g/mol. The van der Waals surface area contributed by atoms with E-state index < -0.39 is 18.2 Å². The minimum Gasteiger partial charge on any atom is -0.479 e. The van der Waals surface area contributed by atoms with E-state index in [1.165, 1.54) is 14.0 Å². The number of carboxylic acids is 1. The van der Waals surface area contributed by atoms with Gasteiger partial charge in [0.05, 0.1) is 13.2 Å². The summed E-state index contributed by atoms with van der Waals surface area (Å²) in [6.07, 6.45) is -1.66. The second-order valence-corrected chi connectivity index (χ2v) is 2.42. The Kier molecular flexibility index (Phi) is 5.61. The van der Waals surface area contributed by atoms with Crippen molar-refractivity contribution in [3.05, 3.63) is 0 Å². The Balaban J connectivity index is 3.46. The molecule has 0 aliphatic carbocycles. The summed E-state index contributed by atoms with van der Waals surface area (Å²) in [5.74, 6) is -1.04. The molecule has 0 aliphatic rings. The first-order valence-corrected chi connectivity index (χ1v) is 3.59. The van der Waals surface area contributed by atoms with Crippen molar-refractivity contribution in [2.45, 2.75) is 19.1 Å². The first kappa shape index (κ1) is 11.4. The zero-order valence-corrected chi connectivity index (χ0v) is 7.19. The number of carbonyl (C=O) groups is 1. The van der Waals surface area contributed by atoms with Crippen LogP contribution in [0.5, 0.6) is 0 Å². The van der Waals surface area contributed by atoms with Crippen molar-refractivity contribution in [2.75, 3.05) is 20.3 Å². The van der Waals surface area contributed by atoms with Gasteiger partial charge in [0.1, 0.15) is 6.10 Å². The number of hydrogen-bond acceptors (Lipinski definition) is 4. The molecule has 0 radical (unpaired) electrons. The normalized spacial score (nSPS) is 15.6. The first-order chi connectivity index (χ1) is 5.57. The van der Waals surface area contributed by atoms with Crippen LogP contribution in [-0.4, -0.2) is 48.7 Å². The molecule has 5 nitrogen and oxygen atoms in total. The van der Waals surface area contributed by atoms with Gasteiger partial charge < -0.3 is 19.7 Å². The monoisotopic (exact) mass is 178 g/mol. The molecule has 0 rings (SSSR count). The quantitative estimate of drug-likeness (QED) is 0.572. The number of hydrogen-bond donors (Lipinski definition) is 2. The maximum absolute atomic E-state index is 10.2. The summed E-state index contributed by atoms with van der Waals surface area (Å²) in [5.41, 5.74) is 0. The molecule has 0 heterocycles. The average molecular weight is 178 g/mol. The summed E-state index contributed by atoms with van der Waals surface area (Å²) >= 11 is 0. The van der Waals surface area contributed by atoms with Crippen molar-refractivity contribution in [1.82, 2.24) is 0 Å². The zero-order chi connectivity index (χ0) is 9.56. The Bertz CT molecular complexity index is 136. The lowest BCUT2D eigenvalue weighted by Gasteiger charge is -2.12. The number of aliphatic carboxylic acids is 1. The summed E-state index contributed by atoms with van der Waals surface area (Å²) < 4.78 is 9.41. The lowest BCUT2D eigenvalue weighted by atomic mass is 10.4. The third-order valence-electron chi connectivity index (χ3n) is 1.25. The minimum absolute atomic E-state index is 0.0265. The molecule has 0 spiro atoms. The van der Waals surface area contributed by atoms with Crippen LogP contribution in [0.1, 0.15) is 6.92 Å². The highest BCUT2D eigenvalue weighted by Crippen LogP contribution is 1.93. The Morgan fingerprint density at radius 3 is 2.50 bits per heavy atom. The van der Waals surface area contributed by atoms with Crippen molar-refractivity contribution in [1.29, 1.82) is 0 Å². The first-order valence-electron chi connectivity index (χ1n) is 3.59. The molecule has 0 aromatic carbocycles. The SMILES string of the molecule is COCC(O)CO[C@H](C)C(=O)O. The van der Waals surface area contributed by atoms with Gasteiger partial charge >= 0.3 is 5.97 Å². The van der Waals surface area contributed by atoms with Gasteiger partial charge in [-0.2, -0.15) is 0 Å². The van der Waals surface area contributed by atoms with Gasteiger partial charge in [-0.25, -0.2) is 4.79 Å². The predicted molar refractivity (Wildman–Crippen MR) is 40.9 cm³/mol. The van der Waals surface area contributed by atoms with Gasteiger partial charge in [0, 0.05) is 7.11 Å². The van der Waals surface area contributed by atoms with E-state index in [1.54, 1.807) is 0 Å². The van der Waals surface area contributed by atoms with E-state index in [-0.39, 0.29) is 13.2 Å². The molecule has 0 bridgehead atoms. The fourth-order valence-corrected chi connectivity index (χ4v) is 0.567. The van der Waals surface area contributed by atoms with Crippen LogP contribution in [0.3, 0.4) is 0 Å². The highest BCUT2D eigenvalue weighted by molar-refractivity contribution is 5.71. The Hall–Kier alpha value is -0.650. The lowest BCUT2D eigenvalue weighted by molar-refractivity contribution is -0.151. The molecule has 0 aromatic heterocycles. The van der Waals surface area contributed by atoms with Gasteiger partial charge in [0.15, 0.2) is 6.10 Å². The molecule has 0 fully saturated rings. The van der Waals surface area contributed by atoms with Gasteiger partial charge in [-0.05, 0) is 6.92 Å². The van der Waals surface area contributed by atoms with Crippen LogP contribution < -0.4 is 0 Å². The maximum Gasteiger partial charge on any atom is 0.332 e.